The lowest BCUT2D eigenvalue weighted by Crippen LogP contribution is -2.14. The number of aryl methyl sites for hydroxylation is 2. The summed E-state index contributed by atoms with van der Waals surface area (Å²) < 4.78 is 15.5. The maximum atomic E-state index is 12.3. The zero-order chi connectivity index (χ0) is 15.4. The number of benzene rings is 1. The Morgan fingerprint density at radius 3 is 2.62 bits per heavy atom. The van der Waals surface area contributed by atoms with Crippen molar-refractivity contribution in [3.63, 3.8) is 0 Å². The molecule has 0 aliphatic rings. The van der Waals surface area contributed by atoms with Crippen LogP contribution in [-0.4, -0.2) is 25.3 Å². The van der Waals surface area contributed by atoms with E-state index in [0.29, 0.717) is 40.6 Å². The van der Waals surface area contributed by atoms with Gasteiger partial charge < -0.3 is 19.3 Å². The number of nitrogens with one attached hydrogen (secondary N) is 1. The molecule has 2 aromatic rings. The number of carbonyl (C=O) groups excluding carboxylic acids is 1. The van der Waals surface area contributed by atoms with Crippen LogP contribution in [0.5, 0.6) is 11.5 Å². The highest BCUT2D eigenvalue weighted by Gasteiger charge is 2.19. The zero-order valence-electron chi connectivity index (χ0n) is 12.5. The van der Waals surface area contributed by atoms with Gasteiger partial charge >= 0.3 is 0 Å². The van der Waals surface area contributed by atoms with E-state index in [0.717, 1.165) is 0 Å². The van der Waals surface area contributed by atoms with E-state index in [1.54, 1.807) is 39.3 Å². The van der Waals surface area contributed by atoms with E-state index in [1.165, 1.54) is 0 Å². The van der Waals surface area contributed by atoms with Gasteiger partial charge in [-0.3, -0.25) is 4.79 Å². The minimum absolute atomic E-state index is 0.252. The molecular weight excluding hydrogens is 272 g/mol. The van der Waals surface area contributed by atoms with Crippen molar-refractivity contribution in [2.24, 2.45) is 0 Å². The summed E-state index contributed by atoms with van der Waals surface area (Å²) >= 11 is 0. The average Bonchev–Trinajstić information content (AvgIpc) is 2.88. The third kappa shape index (κ3) is 2.99. The first-order chi connectivity index (χ1) is 10.1. The second kappa shape index (κ2) is 6.30. The largest absolute Gasteiger partial charge is 0.493 e. The van der Waals surface area contributed by atoms with Crippen molar-refractivity contribution < 1.29 is 18.8 Å². The molecule has 0 fully saturated rings. The van der Waals surface area contributed by atoms with Gasteiger partial charge in [0.05, 0.1) is 19.9 Å². The molecule has 1 aromatic heterocycles. The minimum atomic E-state index is -0.252. The second-order valence-corrected chi connectivity index (χ2v) is 4.44. The summed E-state index contributed by atoms with van der Waals surface area (Å²) in [5.41, 5.74) is 1.66. The second-order valence-electron chi connectivity index (χ2n) is 4.44. The van der Waals surface area contributed by atoms with E-state index in [-0.39, 0.29) is 5.91 Å². The smallest absolute Gasteiger partial charge is 0.261 e. The van der Waals surface area contributed by atoms with Gasteiger partial charge in [0.1, 0.15) is 11.3 Å². The monoisotopic (exact) mass is 290 g/mol. The van der Waals surface area contributed by atoms with E-state index in [9.17, 15) is 4.79 Å². The number of hydrogen-bond acceptors (Lipinski definition) is 5. The Kier molecular flexibility index (Phi) is 4.47. The average molecular weight is 290 g/mol. The van der Waals surface area contributed by atoms with Crippen LogP contribution in [0.3, 0.4) is 0 Å². The van der Waals surface area contributed by atoms with Crippen LogP contribution in [0.1, 0.15) is 28.7 Å². The lowest BCUT2D eigenvalue weighted by atomic mass is 10.1. The highest BCUT2D eigenvalue weighted by molar-refractivity contribution is 6.05. The first kappa shape index (κ1) is 14.9. The molecule has 0 spiro atoms. The Labute approximate surface area is 123 Å². The number of amides is 1. The molecule has 0 radical (unpaired) electrons. The first-order valence-electron chi connectivity index (χ1n) is 6.59. The number of methoxy groups -OCH3 is 2. The summed E-state index contributed by atoms with van der Waals surface area (Å²) in [4.78, 5) is 12.3. The van der Waals surface area contributed by atoms with Crippen LogP contribution in [0.15, 0.2) is 22.7 Å². The number of aromatic nitrogens is 1. The molecule has 6 heteroatoms. The Hall–Kier alpha value is -2.50. The van der Waals surface area contributed by atoms with Crippen LogP contribution in [0.25, 0.3) is 0 Å². The van der Waals surface area contributed by atoms with Crippen LogP contribution >= 0.6 is 0 Å². The van der Waals surface area contributed by atoms with Crippen LogP contribution in [0.4, 0.5) is 5.69 Å². The molecule has 1 amide bonds. The number of anilines is 1. The van der Waals surface area contributed by atoms with E-state index in [4.69, 9.17) is 14.0 Å². The van der Waals surface area contributed by atoms with Gasteiger partial charge in [0, 0.05) is 18.2 Å². The molecule has 0 atom stereocenters. The first-order valence-corrected chi connectivity index (χ1v) is 6.59. The fourth-order valence-electron chi connectivity index (χ4n) is 2.06. The van der Waals surface area contributed by atoms with Gasteiger partial charge in [-0.2, -0.15) is 0 Å². The maximum Gasteiger partial charge on any atom is 0.261 e. The van der Waals surface area contributed by atoms with Crippen LogP contribution in [0, 0.1) is 6.92 Å². The molecule has 2 rings (SSSR count). The minimum Gasteiger partial charge on any atom is -0.493 e. The summed E-state index contributed by atoms with van der Waals surface area (Å²) in [5.74, 6) is 1.47. The van der Waals surface area contributed by atoms with Gasteiger partial charge in [-0.15, -0.1) is 0 Å². The summed E-state index contributed by atoms with van der Waals surface area (Å²) in [7, 11) is 3.10. The van der Waals surface area contributed by atoms with Gasteiger partial charge in [-0.1, -0.05) is 12.1 Å². The van der Waals surface area contributed by atoms with Gasteiger partial charge in [0.2, 0.25) is 0 Å². The third-order valence-corrected chi connectivity index (χ3v) is 3.12. The number of carbonyl (C=O) groups is 1. The lowest BCUT2D eigenvalue weighted by Gasteiger charge is -2.10. The normalized spacial score (nSPS) is 10.3. The summed E-state index contributed by atoms with van der Waals surface area (Å²) in [6.07, 6.45) is 0.607. The van der Waals surface area contributed by atoms with Crippen LogP contribution in [0.2, 0.25) is 0 Å². The van der Waals surface area contributed by atoms with Gasteiger partial charge in [-0.25, -0.2) is 0 Å². The van der Waals surface area contributed by atoms with Crippen molar-refractivity contribution in [3.05, 3.63) is 35.2 Å². The van der Waals surface area contributed by atoms with Crippen LogP contribution < -0.4 is 14.8 Å². The molecule has 6 nitrogen and oxygen atoms in total. The summed E-state index contributed by atoms with van der Waals surface area (Å²) in [6.45, 7) is 3.65. The van der Waals surface area contributed by atoms with Gasteiger partial charge in [0.15, 0.2) is 11.5 Å². The molecule has 1 N–H and O–H groups in total. The molecule has 0 unspecified atom stereocenters. The molecular formula is C15H18N2O4. The standard InChI is InChI=1S/C15H18N2O4/c1-5-11-14(9(2)17-21-11)15(18)16-10-6-7-12(19-3)13(8-10)20-4/h6-8H,5H2,1-4H3,(H,16,18). The van der Waals surface area contributed by atoms with Crippen molar-refractivity contribution in [2.75, 3.05) is 19.5 Å². The fourth-order valence-corrected chi connectivity index (χ4v) is 2.06. The Balaban J connectivity index is 2.25. The highest BCUT2D eigenvalue weighted by atomic mass is 16.5. The molecule has 112 valence electrons. The topological polar surface area (TPSA) is 73.6 Å². The molecule has 0 bridgehead atoms. The SMILES string of the molecule is CCc1onc(C)c1C(=O)Nc1ccc(OC)c(OC)c1. The van der Waals surface area contributed by atoms with E-state index >= 15 is 0 Å². The van der Waals surface area contributed by atoms with E-state index < -0.39 is 0 Å². The van der Waals surface area contributed by atoms with Crippen molar-refractivity contribution in [2.45, 2.75) is 20.3 Å². The number of nitrogens with zero attached hydrogens (tertiary/aromatic N) is 1. The van der Waals surface area contributed by atoms with E-state index in [2.05, 4.69) is 10.5 Å². The molecule has 0 aliphatic carbocycles. The number of rotatable bonds is 5. The van der Waals surface area contributed by atoms with Gasteiger partial charge in [0.25, 0.3) is 5.91 Å². The predicted molar refractivity (Wildman–Crippen MR) is 78.1 cm³/mol. The third-order valence-electron chi connectivity index (χ3n) is 3.12. The molecule has 0 saturated heterocycles. The van der Waals surface area contributed by atoms with Crippen molar-refractivity contribution in [1.29, 1.82) is 0 Å². The molecule has 0 saturated carbocycles. The summed E-state index contributed by atoms with van der Waals surface area (Å²) in [5, 5.41) is 6.64. The Morgan fingerprint density at radius 1 is 1.29 bits per heavy atom. The summed E-state index contributed by atoms with van der Waals surface area (Å²) in [6, 6.07) is 5.18. The van der Waals surface area contributed by atoms with E-state index in [1.807, 2.05) is 6.92 Å². The number of ether oxygens (including phenoxy) is 2. The zero-order valence-corrected chi connectivity index (χ0v) is 12.5. The van der Waals surface area contributed by atoms with Gasteiger partial charge in [-0.05, 0) is 19.1 Å². The Morgan fingerprint density at radius 2 is 2.00 bits per heavy atom. The quantitative estimate of drug-likeness (QED) is 0.916. The van der Waals surface area contributed by atoms with Crippen molar-refractivity contribution in [1.82, 2.24) is 5.16 Å². The molecule has 1 aromatic carbocycles. The van der Waals surface area contributed by atoms with Crippen LogP contribution in [-0.2, 0) is 6.42 Å². The Bertz CT molecular complexity index is 649. The molecule has 0 aliphatic heterocycles. The lowest BCUT2D eigenvalue weighted by molar-refractivity contribution is 0.102. The van der Waals surface area contributed by atoms with Crippen molar-refractivity contribution in [3.8, 4) is 11.5 Å². The van der Waals surface area contributed by atoms with Crippen molar-refractivity contribution >= 4 is 11.6 Å². The predicted octanol–water partition coefficient (Wildman–Crippen LogP) is 2.81. The molecule has 1 heterocycles. The number of hydrogen-bond donors (Lipinski definition) is 1. The highest BCUT2D eigenvalue weighted by Crippen LogP contribution is 2.30. The maximum absolute atomic E-state index is 12.3. The fraction of sp³-hybridized carbons (Fsp3) is 0.333. The molecule has 21 heavy (non-hydrogen) atoms.